The Morgan fingerprint density at radius 1 is 1.02 bits per heavy atom. The average molecular weight is 677 g/mol. The number of anilines is 3. The monoisotopic (exact) mass is 675 g/mol. The molecule has 0 aliphatic heterocycles. The van der Waals surface area contributed by atoms with Crippen molar-refractivity contribution in [2.75, 3.05) is 45.5 Å². The van der Waals surface area contributed by atoms with Crippen LogP contribution >= 0.6 is 23.2 Å². The summed E-state index contributed by atoms with van der Waals surface area (Å²) in [5.74, 6) is 0.756. The molecule has 13 heteroatoms. The second kappa shape index (κ2) is 14.3. The third-order valence-electron chi connectivity index (χ3n) is 7.57. The number of nitrogens with zero attached hydrogens (tertiary/aromatic N) is 5. The first-order chi connectivity index (χ1) is 22.5. The number of methoxy groups -OCH3 is 2. The summed E-state index contributed by atoms with van der Waals surface area (Å²) in [5.41, 5.74) is 3.85. The number of nitrogens with one attached hydrogen (secondary N) is 2. The number of ether oxygens (including phenoxy) is 2. The van der Waals surface area contributed by atoms with Crippen molar-refractivity contribution in [3.63, 3.8) is 0 Å². The molecule has 2 aromatic carbocycles. The Bertz CT molecular complexity index is 2010. The van der Waals surface area contributed by atoms with Crippen molar-refractivity contribution in [1.29, 1.82) is 0 Å². The van der Waals surface area contributed by atoms with Gasteiger partial charge in [-0.2, -0.15) is 5.10 Å². The lowest BCUT2D eigenvalue weighted by Crippen LogP contribution is -2.25. The Hall–Kier alpha value is -4.84. The quantitative estimate of drug-likeness (QED) is 0.142. The maximum atomic E-state index is 14.3. The molecule has 3 heterocycles. The Morgan fingerprint density at radius 3 is 2.36 bits per heavy atom. The highest BCUT2D eigenvalue weighted by atomic mass is 35.5. The number of fused-ring (bicyclic) bond motifs is 1. The largest absolute Gasteiger partial charge is 0.495 e. The number of amides is 1. The van der Waals surface area contributed by atoms with E-state index in [0.29, 0.717) is 58.1 Å². The zero-order valence-electron chi connectivity index (χ0n) is 26.7. The molecule has 0 fully saturated rings. The maximum Gasteiger partial charge on any atom is 0.259 e. The van der Waals surface area contributed by atoms with E-state index in [1.54, 1.807) is 39.8 Å². The molecule has 0 aliphatic carbocycles. The van der Waals surface area contributed by atoms with E-state index in [9.17, 15) is 9.59 Å². The van der Waals surface area contributed by atoms with Crippen LogP contribution in [0.1, 0.15) is 6.42 Å². The van der Waals surface area contributed by atoms with Crippen LogP contribution in [0.3, 0.4) is 0 Å². The number of benzene rings is 2. The molecule has 2 N–H and O–H groups in total. The minimum atomic E-state index is -0.364. The van der Waals surface area contributed by atoms with E-state index in [2.05, 4.69) is 32.2 Å². The lowest BCUT2D eigenvalue weighted by atomic mass is 10.0. The van der Waals surface area contributed by atoms with Gasteiger partial charge in [0.15, 0.2) is 0 Å². The fraction of sp³-hybridized carbons (Fsp3) is 0.235. The number of aryl methyl sites for hydroxylation is 2. The summed E-state index contributed by atoms with van der Waals surface area (Å²) in [6, 6.07) is 10.7. The Morgan fingerprint density at radius 2 is 1.74 bits per heavy atom. The smallest absolute Gasteiger partial charge is 0.259 e. The van der Waals surface area contributed by atoms with Gasteiger partial charge < -0.3 is 29.6 Å². The van der Waals surface area contributed by atoms with E-state index in [4.69, 9.17) is 32.7 Å². The van der Waals surface area contributed by atoms with Gasteiger partial charge in [0, 0.05) is 54.6 Å². The summed E-state index contributed by atoms with van der Waals surface area (Å²) >= 11 is 13.5. The first-order valence-corrected chi connectivity index (χ1v) is 15.4. The second-order valence-electron chi connectivity index (χ2n) is 11.1. The number of carbonyl (C=O) groups excluding carboxylic acids is 1. The fourth-order valence-corrected chi connectivity index (χ4v) is 5.94. The highest BCUT2D eigenvalue weighted by Gasteiger charge is 2.23. The Kier molecular flexibility index (Phi) is 10.2. The number of carbonyl (C=O) groups is 1. The first-order valence-electron chi connectivity index (χ1n) is 14.7. The summed E-state index contributed by atoms with van der Waals surface area (Å²) in [6.07, 6.45) is 7.22. The van der Waals surface area contributed by atoms with Crippen molar-refractivity contribution >= 4 is 57.2 Å². The molecule has 5 rings (SSSR count). The van der Waals surface area contributed by atoms with E-state index < -0.39 is 0 Å². The molecule has 1 amide bonds. The summed E-state index contributed by atoms with van der Waals surface area (Å²) in [5, 5.41) is 11.5. The van der Waals surface area contributed by atoms with E-state index in [-0.39, 0.29) is 27.1 Å². The van der Waals surface area contributed by atoms with Crippen LogP contribution in [0, 0.1) is 0 Å². The van der Waals surface area contributed by atoms with Gasteiger partial charge in [0.25, 0.3) is 5.56 Å². The van der Waals surface area contributed by atoms with Gasteiger partial charge in [0.1, 0.15) is 17.3 Å². The molecule has 0 atom stereocenters. The molecule has 47 heavy (non-hydrogen) atoms. The first kappa shape index (κ1) is 33.5. The predicted octanol–water partition coefficient (Wildman–Crippen LogP) is 6.61. The zero-order chi connectivity index (χ0) is 33.8. The van der Waals surface area contributed by atoms with E-state index in [1.165, 1.54) is 20.3 Å². The number of aromatic nitrogens is 4. The molecule has 0 aliphatic rings. The van der Waals surface area contributed by atoms with Gasteiger partial charge in [-0.1, -0.05) is 35.8 Å². The standard InChI is InChI=1S/C34H35Cl2N7O4/c1-7-30(44)40-25-14-20(22-18-38-42(4)19-22)9-10-24(25)39-29-15-26-21(17-37-29)13-23(34(45)43(26)12-8-11-41(2)3)31-32(35)27(46-5)16-28(47-6)33(31)36/h7,9-10,13-19H,1,8,11-12H2,2-6H3,(H,37,39)(H,40,44). The van der Waals surface area contributed by atoms with Gasteiger partial charge >= 0.3 is 0 Å². The SMILES string of the molecule is C=CC(=O)Nc1cc(-c2cnn(C)c2)ccc1Nc1cc2c(cn1)cc(-c1c(Cl)c(OC)cc(OC)c1Cl)c(=O)n2CCCN(C)C. The Balaban J connectivity index is 1.63. The lowest BCUT2D eigenvalue weighted by molar-refractivity contribution is -0.111. The molecular formula is C34H35Cl2N7O4. The van der Waals surface area contributed by atoms with Crippen molar-refractivity contribution in [2.45, 2.75) is 13.0 Å². The Labute approximate surface area is 282 Å². The van der Waals surface area contributed by atoms with Crippen molar-refractivity contribution < 1.29 is 14.3 Å². The van der Waals surface area contributed by atoms with Gasteiger partial charge in [-0.3, -0.25) is 14.3 Å². The van der Waals surface area contributed by atoms with Crippen LogP contribution in [0.15, 0.2) is 72.4 Å². The number of hydrogen-bond acceptors (Lipinski definition) is 8. The molecule has 5 aromatic rings. The van der Waals surface area contributed by atoms with Gasteiger partial charge in [0.05, 0.1) is 52.9 Å². The summed E-state index contributed by atoms with van der Waals surface area (Å²) in [7, 11) is 8.76. The minimum absolute atomic E-state index is 0.199. The molecule has 244 valence electrons. The van der Waals surface area contributed by atoms with Gasteiger partial charge in [0.2, 0.25) is 5.91 Å². The molecule has 0 saturated carbocycles. The molecule has 0 saturated heterocycles. The summed E-state index contributed by atoms with van der Waals surface area (Å²) in [4.78, 5) is 33.3. The minimum Gasteiger partial charge on any atom is -0.495 e. The van der Waals surface area contributed by atoms with E-state index in [0.717, 1.165) is 17.7 Å². The van der Waals surface area contributed by atoms with Crippen molar-refractivity contribution in [3.05, 3.63) is 88.0 Å². The number of pyridine rings is 2. The molecule has 11 nitrogen and oxygen atoms in total. The summed E-state index contributed by atoms with van der Waals surface area (Å²) < 4.78 is 14.3. The number of rotatable bonds is 12. The van der Waals surface area contributed by atoms with Gasteiger partial charge in [-0.05, 0) is 56.9 Å². The van der Waals surface area contributed by atoms with Crippen LogP contribution in [0.4, 0.5) is 17.2 Å². The maximum absolute atomic E-state index is 14.3. The third kappa shape index (κ3) is 7.12. The van der Waals surface area contributed by atoms with Crippen LogP contribution in [0.2, 0.25) is 10.0 Å². The topological polar surface area (TPSA) is 116 Å². The highest BCUT2D eigenvalue weighted by Crippen LogP contribution is 2.45. The van der Waals surface area contributed by atoms with Crippen LogP contribution in [-0.2, 0) is 18.4 Å². The highest BCUT2D eigenvalue weighted by molar-refractivity contribution is 6.41. The van der Waals surface area contributed by atoms with E-state index in [1.807, 2.05) is 45.5 Å². The van der Waals surface area contributed by atoms with Crippen LogP contribution in [0.5, 0.6) is 11.5 Å². The van der Waals surface area contributed by atoms with Crippen LogP contribution in [0.25, 0.3) is 33.2 Å². The number of halogens is 2. The zero-order valence-corrected chi connectivity index (χ0v) is 28.2. The molecule has 0 unspecified atom stereocenters. The van der Waals surface area contributed by atoms with Crippen LogP contribution < -0.4 is 25.7 Å². The average Bonchev–Trinajstić information content (AvgIpc) is 3.49. The van der Waals surface area contributed by atoms with Crippen LogP contribution in [-0.4, -0.2) is 65.0 Å². The predicted molar refractivity (Wildman–Crippen MR) is 188 cm³/mol. The normalized spacial score (nSPS) is 11.1. The van der Waals surface area contributed by atoms with Gasteiger partial charge in [-0.25, -0.2) is 4.98 Å². The number of hydrogen-bond donors (Lipinski definition) is 2. The fourth-order valence-electron chi connectivity index (χ4n) is 5.24. The van der Waals surface area contributed by atoms with Crippen molar-refractivity contribution in [1.82, 2.24) is 24.2 Å². The molecular weight excluding hydrogens is 641 g/mol. The molecule has 0 spiro atoms. The second-order valence-corrected chi connectivity index (χ2v) is 11.8. The molecule has 0 radical (unpaired) electrons. The summed E-state index contributed by atoms with van der Waals surface area (Å²) in [6.45, 7) is 4.76. The van der Waals surface area contributed by atoms with Gasteiger partial charge in [-0.15, -0.1) is 0 Å². The third-order valence-corrected chi connectivity index (χ3v) is 8.32. The van der Waals surface area contributed by atoms with Crippen molar-refractivity contribution in [3.8, 4) is 33.8 Å². The molecule has 0 bridgehead atoms. The lowest BCUT2D eigenvalue weighted by Gasteiger charge is -2.19. The molecule has 3 aromatic heterocycles. The van der Waals surface area contributed by atoms with Crippen molar-refractivity contribution in [2.24, 2.45) is 7.05 Å². The van der Waals surface area contributed by atoms with E-state index >= 15 is 0 Å².